The minimum Gasteiger partial charge on any atom is -0.383 e. The van der Waals surface area contributed by atoms with Gasteiger partial charge in [-0.05, 0) is 64.2 Å². The molecule has 0 aromatic rings. The van der Waals surface area contributed by atoms with Gasteiger partial charge in [-0.1, -0.05) is 0 Å². The van der Waals surface area contributed by atoms with E-state index in [0.717, 1.165) is 18.4 Å². The summed E-state index contributed by atoms with van der Waals surface area (Å²) in [7, 11) is 4.05. The Bertz CT molecular complexity index is 200. The third kappa shape index (κ3) is 3.19. The van der Waals surface area contributed by atoms with Crippen LogP contribution >= 0.6 is 0 Å². The monoisotopic (exact) mass is 226 g/mol. The number of ether oxygens (including phenoxy) is 1. The Morgan fingerprint density at radius 1 is 1.19 bits per heavy atom. The molecule has 16 heavy (non-hydrogen) atoms. The number of hydrogen-bond acceptors (Lipinski definition) is 3. The van der Waals surface area contributed by atoms with E-state index in [1.54, 1.807) is 7.11 Å². The van der Waals surface area contributed by atoms with Crippen LogP contribution in [0.25, 0.3) is 0 Å². The lowest BCUT2D eigenvalue weighted by atomic mass is 9.77. The van der Waals surface area contributed by atoms with E-state index in [0.29, 0.717) is 6.04 Å². The average Bonchev–Trinajstić information content (AvgIpc) is 2.31. The minimum absolute atomic E-state index is 0.600. The molecule has 2 heterocycles. The molecule has 0 amide bonds. The molecule has 2 saturated heterocycles. The van der Waals surface area contributed by atoms with Crippen molar-refractivity contribution in [1.82, 2.24) is 10.2 Å². The van der Waals surface area contributed by atoms with Crippen LogP contribution in [0.4, 0.5) is 0 Å². The molecule has 94 valence electrons. The Balaban J connectivity index is 1.80. The second kappa shape index (κ2) is 5.99. The largest absolute Gasteiger partial charge is 0.383 e. The molecule has 0 aromatic heterocycles. The Hall–Kier alpha value is -0.120. The van der Waals surface area contributed by atoms with Gasteiger partial charge >= 0.3 is 0 Å². The van der Waals surface area contributed by atoms with Crippen molar-refractivity contribution in [2.45, 2.75) is 31.7 Å². The van der Waals surface area contributed by atoms with Gasteiger partial charge in [-0.2, -0.15) is 0 Å². The number of piperidine rings is 2. The van der Waals surface area contributed by atoms with Gasteiger partial charge in [-0.25, -0.2) is 0 Å². The zero-order valence-corrected chi connectivity index (χ0v) is 10.7. The van der Waals surface area contributed by atoms with Gasteiger partial charge < -0.3 is 15.0 Å². The maximum Gasteiger partial charge on any atom is 0.0615 e. The summed E-state index contributed by atoms with van der Waals surface area (Å²) in [6.45, 7) is 4.65. The molecule has 0 radical (unpaired) electrons. The molecule has 0 saturated carbocycles. The van der Waals surface area contributed by atoms with Gasteiger partial charge in [0, 0.05) is 13.2 Å². The molecule has 3 nitrogen and oxygen atoms in total. The molecular formula is C13H26N2O. The van der Waals surface area contributed by atoms with Crippen LogP contribution in [0.15, 0.2) is 0 Å². The molecule has 0 aromatic carbocycles. The van der Waals surface area contributed by atoms with E-state index >= 15 is 0 Å². The van der Waals surface area contributed by atoms with Crippen molar-refractivity contribution in [2.24, 2.45) is 11.8 Å². The highest BCUT2D eigenvalue weighted by atomic mass is 16.5. The fourth-order valence-electron chi connectivity index (χ4n) is 3.30. The van der Waals surface area contributed by atoms with Crippen molar-refractivity contribution in [1.29, 1.82) is 0 Å². The van der Waals surface area contributed by atoms with Gasteiger partial charge in [0.05, 0.1) is 6.61 Å². The summed E-state index contributed by atoms with van der Waals surface area (Å²) in [5, 5.41) is 3.56. The first-order chi connectivity index (χ1) is 7.79. The van der Waals surface area contributed by atoms with Crippen LogP contribution in [0.2, 0.25) is 0 Å². The van der Waals surface area contributed by atoms with E-state index < -0.39 is 0 Å². The van der Waals surface area contributed by atoms with E-state index in [9.17, 15) is 0 Å². The summed E-state index contributed by atoms with van der Waals surface area (Å²) in [6.07, 6.45) is 5.50. The first-order valence-corrected chi connectivity index (χ1v) is 6.70. The van der Waals surface area contributed by atoms with Gasteiger partial charge in [-0.3, -0.25) is 0 Å². The number of methoxy groups -OCH3 is 1. The molecular weight excluding hydrogens is 200 g/mol. The topological polar surface area (TPSA) is 24.5 Å². The minimum atomic E-state index is 0.600. The summed E-state index contributed by atoms with van der Waals surface area (Å²) in [5.74, 6) is 1.91. The highest BCUT2D eigenvalue weighted by Crippen LogP contribution is 2.31. The van der Waals surface area contributed by atoms with Crippen LogP contribution in [-0.2, 0) is 4.74 Å². The van der Waals surface area contributed by atoms with E-state index in [4.69, 9.17) is 4.74 Å². The van der Waals surface area contributed by atoms with Crippen LogP contribution in [0, 0.1) is 11.8 Å². The normalized spacial score (nSPS) is 34.1. The highest BCUT2D eigenvalue weighted by Gasteiger charge is 2.29. The lowest BCUT2D eigenvalue weighted by Gasteiger charge is -2.39. The third-order valence-corrected chi connectivity index (χ3v) is 4.33. The summed E-state index contributed by atoms with van der Waals surface area (Å²) in [6, 6.07) is 0.600. The van der Waals surface area contributed by atoms with Crippen molar-refractivity contribution < 1.29 is 4.74 Å². The smallest absolute Gasteiger partial charge is 0.0615 e. The zero-order chi connectivity index (χ0) is 11.4. The molecule has 2 aliphatic rings. The van der Waals surface area contributed by atoms with Gasteiger partial charge in [0.1, 0.15) is 0 Å². The predicted molar refractivity (Wildman–Crippen MR) is 66.6 cm³/mol. The van der Waals surface area contributed by atoms with E-state index in [1.807, 2.05) is 0 Å². The lowest BCUT2D eigenvalue weighted by Crippen LogP contribution is -2.44. The van der Waals surface area contributed by atoms with Crippen LogP contribution in [-0.4, -0.2) is 51.3 Å². The molecule has 0 aliphatic carbocycles. The number of rotatable bonds is 3. The van der Waals surface area contributed by atoms with Crippen LogP contribution in [0.5, 0.6) is 0 Å². The molecule has 2 fully saturated rings. The van der Waals surface area contributed by atoms with Crippen molar-refractivity contribution in [3.8, 4) is 0 Å². The van der Waals surface area contributed by atoms with Gasteiger partial charge in [0.2, 0.25) is 0 Å². The Labute approximate surface area is 99.5 Å². The molecule has 0 bridgehead atoms. The Morgan fingerprint density at radius 3 is 2.62 bits per heavy atom. The molecule has 2 unspecified atom stereocenters. The second-order valence-corrected chi connectivity index (χ2v) is 5.53. The lowest BCUT2D eigenvalue weighted by molar-refractivity contribution is 0.0997. The Morgan fingerprint density at radius 2 is 1.94 bits per heavy atom. The molecule has 2 aliphatic heterocycles. The molecule has 2 atom stereocenters. The second-order valence-electron chi connectivity index (χ2n) is 5.53. The van der Waals surface area contributed by atoms with E-state index in [1.165, 1.54) is 45.3 Å². The summed E-state index contributed by atoms with van der Waals surface area (Å²) in [4.78, 5) is 2.46. The summed E-state index contributed by atoms with van der Waals surface area (Å²) in [5.41, 5.74) is 0. The highest BCUT2D eigenvalue weighted by molar-refractivity contribution is 4.84. The maximum absolute atomic E-state index is 5.26. The number of nitrogens with zero attached hydrogens (tertiary/aromatic N) is 1. The average molecular weight is 226 g/mol. The van der Waals surface area contributed by atoms with Crippen molar-refractivity contribution >= 4 is 0 Å². The number of likely N-dealkylation sites (tertiary alicyclic amines) is 1. The predicted octanol–water partition coefficient (Wildman–Crippen LogP) is 1.34. The van der Waals surface area contributed by atoms with Crippen molar-refractivity contribution in [2.75, 3.05) is 40.4 Å². The Kier molecular flexibility index (Phi) is 4.62. The van der Waals surface area contributed by atoms with E-state index in [2.05, 4.69) is 17.3 Å². The van der Waals surface area contributed by atoms with Gasteiger partial charge in [0.15, 0.2) is 0 Å². The van der Waals surface area contributed by atoms with Crippen molar-refractivity contribution in [3.63, 3.8) is 0 Å². The van der Waals surface area contributed by atoms with Crippen LogP contribution < -0.4 is 5.32 Å². The van der Waals surface area contributed by atoms with Gasteiger partial charge in [0.25, 0.3) is 0 Å². The molecule has 0 spiro atoms. The first-order valence-electron chi connectivity index (χ1n) is 6.70. The molecule has 3 heteroatoms. The maximum atomic E-state index is 5.26. The SMILES string of the molecule is COCC1CC(C2CCN(C)CC2)CCN1. The fraction of sp³-hybridized carbons (Fsp3) is 1.00. The summed E-state index contributed by atoms with van der Waals surface area (Å²) >= 11 is 0. The van der Waals surface area contributed by atoms with E-state index in [-0.39, 0.29) is 0 Å². The quantitative estimate of drug-likeness (QED) is 0.786. The zero-order valence-electron chi connectivity index (χ0n) is 10.7. The fourth-order valence-corrected chi connectivity index (χ4v) is 3.30. The standard InChI is InChI=1S/C13H26N2O/c1-15-7-4-11(5-8-15)12-3-6-14-13(9-12)10-16-2/h11-14H,3-10H2,1-2H3. The van der Waals surface area contributed by atoms with Crippen LogP contribution in [0.1, 0.15) is 25.7 Å². The summed E-state index contributed by atoms with van der Waals surface area (Å²) < 4.78 is 5.26. The molecule has 1 N–H and O–H groups in total. The number of hydrogen-bond donors (Lipinski definition) is 1. The van der Waals surface area contributed by atoms with Gasteiger partial charge in [-0.15, -0.1) is 0 Å². The molecule has 2 rings (SSSR count). The van der Waals surface area contributed by atoms with Crippen molar-refractivity contribution in [3.05, 3.63) is 0 Å². The number of nitrogens with one attached hydrogen (secondary N) is 1. The van der Waals surface area contributed by atoms with Crippen LogP contribution in [0.3, 0.4) is 0 Å². The first kappa shape index (κ1) is 12.3. The third-order valence-electron chi connectivity index (χ3n) is 4.33.